The van der Waals surface area contributed by atoms with Gasteiger partial charge in [-0.05, 0) is 56.1 Å². The van der Waals surface area contributed by atoms with E-state index in [9.17, 15) is 4.79 Å². The number of carboxylic acid groups (broad SMARTS) is 1. The Hall–Kier alpha value is -3.23. The minimum absolute atomic E-state index is 0.277. The van der Waals surface area contributed by atoms with E-state index >= 15 is 0 Å². The molecule has 4 heterocycles. The van der Waals surface area contributed by atoms with Crippen molar-refractivity contribution in [3.05, 3.63) is 29.6 Å². The molecule has 4 aliphatic rings. The zero-order valence-corrected chi connectivity index (χ0v) is 19.2. The Balaban J connectivity index is 1.12. The smallest absolute Gasteiger partial charge is 0.321 e. The molecule has 9 heteroatoms. The highest BCUT2D eigenvalue weighted by atomic mass is 16.5. The molecule has 2 fully saturated rings. The van der Waals surface area contributed by atoms with E-state index in [0.717, 1.165) is 60.8 Å². The number of anilines is 1. The quantitative estimate of drug-likeness (QED) is 0.623. The van der Waals surface area contributed by atoms with Crippen LogP contribution in [0.5, 0.6) is 11.9 Å². The molecular weight excluding hydrogens is 434 g/mol. The zero-order chi connectivity index (χ0) is 23.1. The maximum Gasteiger partial charge on any atom is 0.321 e. The molecule has 0 spiro atoms. The Morgan fingerprint density at radius 2 is 1.94 bits per heavy atom. The zero-order valence-electron chi connectivity index (χ0n) is 19.2. The minimum Gasteiger partial charge on any atom is -0.481 e. The Bertz CT molecular complexity index is 1110. The monoisotopic (exact) mass is 463 g/mol. The van der Waals surface area contributed by atoms with Gasteiger partial charge in [-0.2, -0.15) is 9.97 Å². The predicted octanol–water partition coefficient (Wildman–Crippen LogP) is 4.09. The van der Waals surface area contributed by atoms with Gasteiger partial charge in [-0.25, -0.2) is 4.99 Å². The molecule has 1 N–H and O–H groups in total. The van der Waals surface area contributed by atoms with Crippen LogP contribution in [0.4, 0.5) is 11.5 Å². The number of carbonyl (C=O) groups is 1. The molecule has 0 radical (unpaired) electrons. The number of nitrogens with zero attached hydrogens (tertiary/aromatic N) is 5. The van der Waals surface area contributed by atoms with Crippen LogP contribution in [0.2, 0.25) is 0 Å². The molecule has 0 aromatic carbocycles. The summed E-state index contributed by atoms with van der Waals surface area (Å²) in [5, 5.41) is 9.03. The van der Waals surface area contributed by atoms with E-state index in [1.54, 1.807) is 0 Å². The van der Waals surface area contributed by atoms with Gasteiger partial charge in [-0.1, -0.05) is 12.8 Å². The molecule has 34 heavy (non-hydrogen) atoms. The van der Waals surface area contributed by atoms with Crippen LogP contribution in [-0.2, 0) is 4.79 Å². The molecule has 0 bridgehead atoms. The third kappa shape index (κ3) is 4.31. The fourth-order valence-corrected chi connectivity index (χ4v) is 5.18. The SMILES string of the molecule is O=C(O)C[C@H]1CC[C@@H](c2ccc(N3CCOc4nc(OCCC5CC5)nc5c4C3=N5)cn2)CC1. The molecule has 178 valence electrons. The number of aromatic nitrogens is 3. The van der Waals surface area contributed by atoms with Crippen LogP contribution in [0.25, 0.3) is 0 Å². The topological polar surface area (TPSA) is 110 Å². The molecule has 2 aromatic heterocycles. The summed E-state index contributed by atoms with van der Waals surface area (Å²) in [6.07, 6.45) is 9.72. The summed E-state index contributed by atoms with van der Waals surface area (Å²) in [5.41, 5.74) is 2.89. The van der Waals surface area contributed by atoms with Gasteiger partial charge >= 0.3 is 12.0 Å². The van der Waals surface area contributed by atoms with E-state index in [4.69, 9.17) is 19.6 Å². The summed E-state index contributed by atoms with van der Waals surface area (Å²) >= 11 is 0. The molecule has 0 unspecified atom stereocenters. The molecule has 0 amide bonds. The second kappa shape index (κ2) is 8.85. The first kappa shape index (κ1) is 21.3. The number of hydrogen-bond acceptors (Lipinski definition) is 8. The van der Waals surface area contributed by atoms with Crippen molar-refractivity contribution in [2.24, 2.45) is 16.8 Å². The fourth-order valence-electron chi connectivity index (χ4n) is 5.18. The van der Waals surface area contributed by atoms with Gasteiger partial charge in [0.2, 0.25) is 5.88 Å². The van der Waals surface area contributed by atoms with Gasteiger partial charge in [0.15, 0.2) is 11.7 Å². The molecule has 2 saturated carbocycles. The summed E-state index contributed by atoms with van der Waals surface area (Å²) < 4.78 is 11.7. The summed E-state index contributed by atoms with van der Waals surface area (Å²) in [7, 11) is 0. The summed E-state index contributed by atoms with van der Waals surface area (Å²) in [4.78, 5) is 31.4. The van der Waals surface area contributed by atoms with Gasteiger partial charge in [-0.15, -0.1) is 0 Å². The number of aliphatic carboxylic acids is 1. The van der Waals surface area contributed by atoms with Crippen LogP contribution in [-0.4, -0.2) is 51.6 Å². The second-order valence-corrected chi connectivity index (χ2v) is 9.78. The summed E-state index contributed by atoms with van der Waals surface area (Å²) in [6.45, 7) is 1.76. The van der Waals surface area contributed by atoms with Crippen LogP contribution in [0, 0.1) is 11.8 Å². The number of rotatable bonds is 8. The van der Waals surface area contributed by atoms with E-state index in [2.05, 4.69) is 32.0 Å². The standard InChI is InChI=1S/C25H29N5O4/c31-20(32)13-16-3-5-17(6-4-16)19-8-7-18(14-26-19)30-10-12-33-24-21-22(27-23(21)30)28-25(29-24)34-11-9-15-1-2-15/h7-8,14-17H,1-6,9-13H2,(H,31,32)/t16-,17+. The first-order chi connectivity index (χ1) is 16.6. The van der Waals surface area contributed by atoms with E-state index < -0.39 is 5.97 Å². The number of aliphatic imine (C=N–C) groups is 1. The third-order valence-electron chi connectivity index (χ3n) is 7.35. The molecule has 6 rings (SSSR count). The van der Waals surface area contributed by atoms with Crippen LogP contribution in [0.1, 0.15) is 68.5 Å². The van der Waals surface area contributed by atoms with Crippen molar-refractivity contribution in [2.45, 2.75) is 57.3 Å². The van der Waals surface area contributed by atoms with Crippen LogP contribution in [0.15, 0.2) is 23.3 Å². The van der Waals surface area contributed by atoms with Gasteiger partial charge in [0.05, 0.1) is 25.0 Å². The molecular formula is C25H29N5O4. The van der Waals surface area contributed by atoms with Gasteiger partial charge in [0.25, 0.3) is 0 Å². The molecule has 0 saturated heterocycles. The largest absolute Gasteiger partial charge is 0.481 e. The Morgan fingerprint density at radius 1 is 1.12 bits per heavy atom. The Kier molecular flexibility index (Phi) is 5.55. The first-order valence-corrected chi connectivity index (χ1v) is 12.4. The maximum atomic E-state index is 11.0. The number of amidine groups is 1. The van der Waals surface area contributed by atoms with E-state index in [1.807, 2.05) is 6.20 Å². The van der Waals surface area contributed by atoms with Crippen molar-refractivity contribution >= 4 is 23.3 Å². The summed E-state index contributed by atoms with van der Waals surface area (Å²) in [5.74, 6) is 2.77. The van der Waals surface area contributed by atoms with Crippen LogP contribution < -0.4 is 14.4 Å². The average Bonchev–Trinajstić information content (AvgIpc) is 3.65. The van der Waals surface area contributed by atoms with Crippen LogP contribution >= 0.6 is 0 Å². The molecule has 2 aromatic rings. The normalized spacial score (nSPS) is 23.2. The highest BCUT2D eigenvalue weighted by Gasteiger charge is 2.35. The van der Waals surface area contributed by atoms with Crippen molar-refractivity contribution in [3.63, 3.8) is 0 Å². The highest BCUT2D eigenvalue weighted by Crippen LogP contribution is 2.41. The predicted molar refractivity (Wildman–Crippen MR) is 125 cm³/mol. The molecule has 9 nitrogen and oxygen atoms in total. The third-order valence-corrected chi connectivity index (χ3v) is 7.35. The number of pyridine rings is 1. The Morgan fingerprint density at radius 3 is 2.68 bits per heavy atom. The minimum atomic E-state index is -0.696. The van der Waals surface area contributed by atoms with Gasteiger partial charge in [0, 0.05) is 18.0 Å². The second-order valence-electron chi connectivity index (χ2n) is 9.78. The lowest BCUT2D eigenvalue weighted by Gasteiger charge is -2.29. The number of hydrogen-bond donors (Lipinski definition) is 1. The van der Waals surface area contributed by atoms with E-state index in [1.165, 1.54) is 12.8 Å². The van der Waals surface area contributed by atoms with Crippen molar-refractivity contribution in [1.29, 1.82) is 0 Å². The fraction of sp³-hybridized carbons (Fsp3) is 0.560. The van der Waals surface area contributed by atoms with Crippen molar-refractivity contribution < 1.29 is 19.4 Å². The molecule has 2 aliphatic carbocycles. The lowest BCUT2D eigenvalue weighted by atomic mass is 9.79. The first-order valence-electron chi connectivity index (χ1n) is 12.4. The van der Waals surface area contributed by atoms with Crippen LogP contribution in [0.3, 0.4) is 0 Å². The molecule has 2 aliphatic heterocycles. The summed E-state index contributed by atoms with van der Waals surface area (Å²) in [6, 6.07) is 4.53. The number of carboxylic acids is 1. The lowest BCUT2D eigenvalue weighted by Crippen LogP contribution is -2.36. The maximum absolute atomic E-state index is 11.0. The van der Waals surface area contributed by atoms with Crippen molar-refractivity contribution in [3.8, 4) is 11.9 Å². The van der Waals surface area contributed by atoms with E-state index in [-0.39, 0.29) is 6.42 Å². The number of ether oxygens (including phenoxy) is 2. The van der Waals surface area contributed by atoms with Gasteiger partial charge < -0.3 is 19.5 Å². The average molecular weight is 464 g/mol. The molecule has 0 atom stereocenters. The van der Waals surface area contributed by atoms with Crippen molar-refractivity contribution in [1.82, 2.24) is 15.0 Å². The Labute approximate surface area is 198 Å². The lowest BCUT2D eigenvalue weighted by molar-refractivity contribution is -0.138. The van der Waals surface area contributed by atoms with Crippen molar-refractivity contribution in [2.75, 3.05) is 24.7 Å². The van der Waals surface area contributed by atoms with Gasteiger partial charge in [0.1, 0.15) is 12.2 Å². The van der Waals surface area contributed by atoms with E-state index in [0.29, 0.717) is 49.3 Å². The van der Waals surface area contributed by atoms with Gasteiger partial charge in [-0.3, -0.25) is 9.78 Å². The highest BCUT2D eigenvalue weighted by molar-refractivity contribution is 6.20.